The van der Waals surface area contributed by atoms with Crippen LogP contribution < -0.4 is 0 Å². The van der Waals surface area contributed by atoms with Crippen molar-refractivity contribution in [2.75, 3.05) is 13.2 Å². The van der Waals surface area contributed by atoms with E-state index in [0.29, 0.717) is 36.9 Å². The molecule has 1 aliphatic rings. The molecule has 0 radical (unpaired) electrons. The van der Waals surface area contributed by atoms with Crippen LogP contribution in [0.25, 0.3) is 11.3 Å². The summed E-state index contributed by atoms with van der Waals surface area (Å²) in [6, 6.07) is 1.77. The van der Waals surface area contributed by atoms with E-state index in [2.05, 4.69) is 10.1 Å². The first-order valence-corrected chi connectivity index (χ1v) is 6.04. The third kappa shape index (κ3) is 1.90. The van der Waals surface area contributed by atoms with E-state index in [0.717, 1.165) is 5.56 Å². The Kier molecular flexibility index (Phi) is 2.83. The van der Waals surface area contributed by atoms with Crippen molar-refractivity contribution in [2.24, 2.45) is 0 Å². The summed E-state index contributed by atoms with van der Waals surface area (Å²) in [4.78, 5) is 4.27. The van der Waals surface area contributed by atoms with Gasteiger partial charge in [-0.1, -0.05) is 6.92 Å². The van der Waals surface area contributed by atoms with Gasteiger partial charge < -0.3 is 4.74 Å². The van der Waals surface area contributed by atoms with Crippen molar-refractivity contribution in [3.05, 3.63) is 36.0 Å². The molecule has 3 rings (SSSR count). The van der Waals surface area contributed by atoms with Crippen LogP contribution in [0.5, 0.6) is 0 Å². The molecule has 3 heterocycles. The van der Waals surface area contributed by atoms with E-state index >= 15 is 0 Å². The molecule has 0 aliphatic carbocycles. The first-order valence-electron chi connectivity index (χ1n) is 6.04. The summed E-state index contributed by atoms with van der Waals surface area (Å²) < 4.78 is 20.7. The van der Waals surface area contributed by atoms with E-state index in [1.807, 2.05) is 17.8 Å². The van der Waals surface area contributed by atoms with Crippen molar-refractivity contribution in [1.29, 1.82) is 0 Å². The zero-order chi connectivity index (χ0) is 12.5. The quantitative estimate of drug-likeness (QED) is 0.835. The van der Waals surface area contributed by atoms with Gasteiger partial charge in [-0.15, -0.1) is 0 Å². The number of pyridine rings is 1. The topological polar surface area (TPSA) is 39.9 Å². The maximum absolute atomic E-state index is 13.7. The molecule has 0 atom stereocenters. The highest BCUT2D eigenvalue weighted by Crippen LogP contribution is 2.22. The minimum atomic E-state index is -0.206. The molecule has 1 fully saturated rings. The predicted molar refractivity (Wildman–Crippen MR) is 64.7 cm³/mol. The van der Waals surface area contributed by atoms with Gasteiger partial charge >= 0.3 is 0 Å². The molecule has 2 aromatic heterocycles. The van der Waals surface area contributed by atoms with E-state index in [1.165, 1.54) is 6.07 Å². The van der Waals surface area contributed by atoms with E-state index in [4.69, 9.17) is 4.74 Å². The van der Waals surface area contributed by atoms with Gasteiger partial charge in [0.2, 0.25) is 0 Å². The van der Waals surface area contributed by atoms with Gasteiger partial charge in [0, 0.05) is 29.6 Å². The number of nitrogens with zero attached hydrogens (tertiary/aromatic N) is 3. The fraction of sp³-hybridized carbons (Fsp3) is 0.385. The molecule has 0 unspecified atom stereocenters. The Balaban J connectivity index is 1.89. The van der Waals surface area contributed by atoms with Crippen molar-refractivity contribution >= 4 is 0 Å². The molecule has 1 saturated heterocycles. The zero-order valence-electron chi connectivity index (χ0n) is 10.1. The van der Waals surface area contributed by atoms with Gasteiger partial charge in [0.15, 0.2) is 0 Å². The fourth-order valence-electron chi connectivity index (χ4n) is 1.92. The van der Waals surface area contributed by atoms with Crippen LogP contribution in [0.1, 0.15) is 18.5 Å². The van der Waals surface area contributed by atoms with Crippen LogP contribution >= 0.6 is 0 Å². The Morgan fingerprint density at radius 3 is 2.89 bits per heavy atom. The van der Waals surface area contributed by atoms with Crippen molar-refractivity contribution in [1.82, 2.24) is 14.8 Å². The number of hydrogen-bond donors (Lipinski definition) is 0. The molecule has 5 heteroatoms. The van der Waals surface area contributed by atoms with E-state index in [9.17, 15) is 4.39 Å². The van der Waals surface area contributed by atoms with Crippen LogP contribution in [0.15, 0.2) is 24.7 Å². The lowest BCUT2D eigenvalue weighted by Gasteiger charge is -2.25. The minimum absolute atomic E-state index is 0.206. The highest BCUT2D eigenvalue weighted by molar-refractivity contribution is 5.57. The van der Waals surface area contributed by atoms with Crippen LogP contribution in [0.2, 0.25) is 0 Å². The monoisotopic (exact) mass is 247 g/mol. The molecule has 18 heavy (non-hydrogen) atoms. The summed E-state index contributed by atoms with van der Waals surface area (Å²) in [5.41, 5.74) is 2.10. The third-order valence-electron chi connectivity index (χ3n) is 3.20. The molecule has 0 spiro atoms. The molecule has 1 aliphatic heterocycles. The van der Waals surface area contributed by atoms with E-state index < -0.39 is 0 Å². The van der Waals surface area contributed by atoms with Gasteiger partial charge in [0.05, 0.1) is 31.1 Å². The summed E-state index contributed by atoms with van der Waals surface area (Å²) in [6.07, 6.45) is 5.85. The lowest BCUT2D eigenvalue weighted by Crippen LogP contribution is -2.30. The molecular weight excluding hydrogens is 233 g/mol. The Hall–Kier alpha value is -1.75. The zero-order valence-corrected chi connectivity index (χ0v) is 10.1. The average molecular weight is 247 g/mol. The normalized spacial score (nSPS) is 15.7. The van der Waals surface area contributed by atoms with Crippen LogP contribution in [-0.4, -0.2) is 28.0 Å². The molecule has 0 saturated carbocycles. The largest absolute Gasteiger partial charge is 0.377 e. The summed E-state index contributed by atoms with van der Waals surface area (Å²) in [7, 11) is 0. The second-order valence-electron chi connectivity index (χ2n) is 4.41. The van der Waals surface area contributed by atoms with E-state index in [1.54, 1.807) is 12.4 Å². The standard InChI is InChI=1S/C13H14FN3O/c1-2-9-4-15-13(3-12(9)14)10-5-16-17(6-10)11-7-18-8-11/h3-6,11H,2,7-8H2,1H3. The van der Waals surface area contributed by atoms with Crippen LogP contribution in [-0.2, 0) is 11.2 Å². The van der Waals surface area contributed by atoms with Gasteiger partial charge in [0.1, 0.15) is 5.82 Å². The van der Waals surface area contributed by atoms with Crippen LogP contribution in [0, 0.1) is 5.82 Å². The van der Waals surface area contributed by atoms with E-state index in [-0.39, 0.29) is 5.82 Å². The Morgan fingerprint density at radius 2 is 2.28 bits per heavy atom. The molecule has 4 nitrogen and oxygen atoms in total. The van der Waals surface area contributed by atoms with Gasteiger partial charge in [-0.25, -0.2) is 4.39 Å². The van der Waals surface area contributed by atoms with Crippen molar-refractivity contribution in [3.8, 4) is 11.3 Å². The highest BCUT2D eigenvalue weighted by Gasteiger charge is 2.21. The van der Waals surface area contributed by atoms with Crippen molar-refractivity contribution in [2.45, 2.75) is 19.4 Å². The molecule has 2 aromatic rings. The summed E-state index contributed by atoms with van der Waals surface area (Å²) in [5.74, 6) is -0.206. The van der Waals surface area contributed by atoms with Gasteiger partial charge in [-0.05, 0) is 6.42 Å². The average Bonchev–Trinajstić information content (AvgIpc) is 2.76. The van der Waals surface area contributed by atoms with Crippen molar-refractivity contribution < 1.29 is 9.13 Å². The number of aromatic nitrogens is 3. The summed E-state index contributed by atoms with van der Waals surface area (Å²) in [5, 5.41) is 4.26. The smallest absolute Gasteiger partial charge is 0.130 e. The second-order valence-corrected chi connectivity index (χ2v) is 4.41. The third-order valence-corrected chi connectivity index (χ3v) is 3.20. The Labute approximate surface area is 104 Å². The number of hydrogen-bond acceptors (Lipinski definition) is 3. The predicted octanol–water partition coefficient (Wildman–Crippen LogP) is 2.22. The number of ether oxygens (including phenoxy) is 1. The van der Waals surface area contributed by atoms with Crippen LogP contribution in [0.4, 0.5) is 4.39 Å². The molecular formula is C13H14FN3O. The molecule has 0 aromatic carbocycles. The van der Waals surface area contributed by atoms with Gasteiger partial charge in [-0.2, -0.15) is 5.10 Å². The first-order chi connectivity index (χ1) is 8.78. The lowest BCUT2D eigenvalue weighted by atomic mass is 10.1. The first kappa shape index (κ1) is 11.3. The highest BCUT2D eigenvalue weighted by atomic mass is 19.1. The maximum Gasteiger partial charge on any atom is 0.130 e. The molecule has 0 N–H and O–H groups in total. The maximum atomic E-state index is 13.7. The fourth-order valence-corrected chi connectivity index (χ4v) is 1.92. The number of aryl methyl sites for hydroxylation is 1. The Morgan fingerprint density at radius 1 is 1.44 bits per heavy atom. The second kappa shape index (κ2) is 4.49. The number of halogens is 1. The van der Waals surface area contributed by atoms with Crippen molar-refractivity contribution in [3.63, 3.8) is 0 Å². The Bertz CT molecular complexity index is 563. The molecule has 0 amide bonds. The molecule has 0 bridgehead atoms. The van der Waals surface area contributed by atoms with Gasteiger partial charge in [0.25, 0.3) is 0 Å². The lowest BCUT2D eigenvalue weighted by molar-refractivity contribution is -0.0286. The van der Waals surface area contributed by atoms with Gasteiger partial charge in [-0.3, -0.25) is 9.67 Å². The summed E-state index contributed by atoms with van der Waals surface area (Å²) in [6.45, 7) is 3.30. The van der Waals surface area contributed by atoms with Crippen LogP contribution in [0.3, 0.4) is 0 Å². The molecule has 94 valence electrons. The SMILES string of the molecule is CCc1cnc(-c2cnn(C3COC3)c2)cc1F. The summed E-state index contributed by atoms with van der Waals surface area (Å²) >= 11 is 0. The minimum Gasteiger partial charge on any atom is -0.377 e. The number of rotatable bonds is 3.